The van der Waals surface area contributed by atoms with E-state index < -0.39 is 0 Å². The lowest BCUT2D eigenvalue weighted by atomic mass is 9.88. The molecule has 0 radical (unpaired) electrons. The molecular formula is C15H20N2O2. The summed E-state index contributed by atoms with van der Waals surface area (Å²) >= 11 is 0. The highest BCUT2D eigenvalue weighted by molar-refractivity contribution is 5.82. The molecule has 1 amide bonds. The number of nitrogens with one attached hydrogen (secondary N) is 2. The lowest BCUT2D eigenvalue weighted by Gasteiger charge is -2.36. The fourth-order valence-electron chi connectivity index (χ4n) is 2.82. The van der Waals surface area contributed by atoms with E-state index in [0.717, 1.165) is 25.8 Å². The van der Waals surface area contributed by atoms with Crippen molar-refractivity contribution in [1.29, 1.82) is 0 Å². The van der Waals surface area contributed by atoms with Crippen LogP contribution in [0.3, 0.4) is 0 Å². The third-order valence-electron chi connectivity index (χ3n) is 4.17. The molecule has 0 unspecified atom stereocenters. The first-order chi connectivity index (χ1) is 9.26. The van der Waals surface area contributed by atoms with E-state index in [1.807, 2.05) is 12.1 Å². The number of amides is 1. The molecule has 102 valence electrons. The van der Waals surface area contributed by atoms with E-state index in [-0.39, 0.29) is 18.0 Å². The van der Waals surface area contributed by atoms with Crippen LogP contribution in [0, 0.1) is 0 Å². The molecule has 1 atom stereocenters. The second-order valence-corrected chi connectivity index (χ2v) is 5.44. The smallest absolute Gasteiger partial charge is 0.237 e. The van der Waals surface area contributed by atoms with Crippen molar-refractivity contribution in [2.45, 2.75) is 44.0 Å². The van der Waals surface area contributed by atoms with Gasteiger partial charge in [0.2, 0.25) is 5.91 Å². The van der Waals surface area contributed by atoms with Crippen LogP contribution in [0.15, 0.2) is 24.3 Å². The van der Waals surface area contributed by atoms with Crippen molar-refractivity contribution >= 4 is 5.91 Å². The van der Waals surface area contributed by atoms with E-state index in [1.54, 1.807) is 7.11 Å². The second-order valence-electron chi connectivity index (χ2n) is 5.44. The van der Waals surface area contributed by atoms with E-state index in [0.29, 0.717) is 6.10 Å². The van der Waals surface area contributed by atoms with Crippen LogP contribution in [0.4, 0.5) is 0 Å². The molecule has 4 nitrogen and oxygen atoms in total. The summed E-state index contributed by atoms with van der Waals surface area (Å²) in [7, 11) is 1.72. The van der Waals surface area contributed by atoms with E-state index >= 15 is 0 Å². The van der Waals surface area contributed by atoms with Crippen LogP contribution < -0.4 is 10.6 Å². The predicted octanol–water partition coefficient (Wildman–Crippen LogP) is 0.994. The van der Waals surface area contributed by atoms with Gasteiger partial charge < -0.3 is 15.4 Å². The summed E-state index contributed by atoms with van der Waals surface area (Å²) < 4.78 is 5.22. The number of hydrogen-bond acceptors (Lipinski definition) is 3. The van der Waals surface area contributed by atoms with Crippen LogP contribution >= 0.6 is 0 Å². The summed E-state index contributed by atoms with van der Waals surface area (Å²) in [4.78, 5) is 12.2. The Labute approximate surface area is 113 Å². The Hall–Kier alpha value is -1.39. The molecule has 1 aliphatic carbocycles. The van der Waals surface area contributed by atoms with Gasteiger partial charge in [-0.3, -0.25) is 4.79 Å². The largest absolute Gasteiger partial charge is 0.381 e. The van der Waals surface area contributed by atoms with Crippen LogP contribution in [0.25, 0.3) is 0 Å². The lowest BCUT2D eigenvalue weighted by molar-refractivity contribution is -0.125. The zero-order valence-electron chi connectivity index (χ0n) is 11.2. The molecule has 2 N–H and O–H groups in total. The van der Waals surface area contributed by atoms with Crippen LogP contribution in [0.1, 0.15) is 24.0 Å². The molecule has 0 saturated heterocycles. The normalized spacial score (nSPS) is 29.2. The topological polar surface area (TPSA) is 50.4 Å². The number of benzene rings is 1. The third-order valence-corrected chi connectivity index (χ3v) is 4.17. The van der Waals surface area contributed by atoms with Crippen molar-refractivity contribution in [3.8, 4) is 0 Å². The van der Waals surface area contributed by atoms with Gasteiger partial charge in [0.25, 0.3) is 0 Å². The third kappa shape index (κ3) is 2.65. The molecule has 3 rings (SSSR count). The number of ether oxygens (including phenoxy) is 1. The van der Waals surface area contributed by atoms with Gasteiger partial charge in [-0.25, -0.2) is 0 Å². The summed E-state index contributed by atoms with van der Waals surface area (Å²) in [5, 5.41) is 6.41. The summed E-state index contributed by atoms with van der Waals surface area (Å²) in [6, 6.07) is 8.49. The van der Waals surface area contributed by atoms with Crippen LogP contribution in [-0.4, -0.2) is 31.2 Å². The molecule has 1 aromatic rings. The molecule has 1 aromatic carbocycles. The molecule has 1 saturated carbocycles. The number of carbonyl (C=O) groups is 1. The number of hydrogen-bond donors (Lipinski definition) is 2. The molecule has 1 heterocycles. The van der Waals surface area contributed by atoms with Crippen LogP contribution in [0.5, 0.6) is 0 Å². The van der Waals surface area contributed by atoms with Crippen LogP contribution in [0.2, 0.25) is 0 Å². The van der Waals surface area contributed by atoms with E-state index in [2.05, 4.69) is 22.8 Å². The summed E-state index contributed by atoms with van der Waals surface area (Å²) in [5.41, 5.74) is 2.58. The van der Waals surface area contributed by atoms with Gasteiger partial charge in [0.05, 0.1) is 12.1 Å². The number of carbonyl (C=O) groups excluding carboxylic acids is 1. The molecule has 1 fully saturated rings. The molecule has 19 heavy (non-hydrogen) atoms. The zero-order chi connectivity index (χ0) is 13.2. The summed E-state index contributed by atoms with van der Waals surface area (Å²) in [6.07, 6.45) is 2.98. The van der Waals surface area contributed by atoms with Gasteiger partial charge in [0.15, 0.2) is 0 Å². The first-order valence-corrected chi connectivity index (χ1v) is 6.89. The van der Waals surface area contributed by atoms with Crippen molar-refractivity contribution in [2.75, 3.05) is 7.11 Å². The molecule has 1 aliphatic heterocycles. The van der Waals surface area contributed by atoms with E-state index in [1.165, 1.54) is 11.1 Å². The van der Waals surface area contributed by atoms with Crippen molar-refractivity contribution in [3.05, 3.63) is 35.4 Å². The minimum Gasteiger partial charge on any atom is -0.381 e. The lowest BCUT2D eigenvalue weighted by Crippen LogP contribution is -2.54. The average molecular weight is 260 g/mol. The number of fused-ring (bicyclic) bond motifs is 1. The first kappa shape index (κ1) is 12.6. The van der Waals surface area contributed by atoms with Crippen molar-refractivity contribution in [2.24, 2.45) is 0 Å². The first-order valence-electron chi connectivity index (χ1n) is 6.89. The highest BCUT2D eigenvalue weighted by Gasteiger charge is 2.32. The molecule has 0 spiro atoms. The van der Waals surface area contributed by atoms with Gasteiger partial charge in [-0.05, 0) is 30.4 Å². The second kappa shape index (κ2) is 5.31. The van der Waals surface area contributed by atoms with Gasteiger partial charge in [0.1, 0.15) is 0 Å². The standard InChI is InChI=1S/C15H20N2O2/c1-19-13-7-12(8-13)17-15(18)14-6-10-4-2-3-5-11(10)9-16-14/h2-5,12-14,16H,6-9H2,1H3,(H,17,18)/t12?,13?,14-/m1/s1. The summed E-state index contributed by atoms with van der Waals surface area (Å²) in [6.45, 7) is 0.777. The molecule has 4 heteroatoms. The Morgan fingerprint density at radius 2 is 2.05 bits per heavy atom. The van der Waals surface area contributed by atoms with Gasteiger partial charge in [-0.2, -0.15) is 0 Å². The van der Waals surface area contributed by atoms with E-state index in [4.69, 9.17) is 4.74 Å². The maximum absolute atomic E-state index is 12.2. The molecule has 0 bridgehead atoms. The van der Waals surface area contributed by atoms with Crippen molar-refractivity contribution < 1.29 is 9.53 Å². The SMILES string of the molecule is COC1CC(NC(=O)[C@H]2Cc3ccccc3CN2)C1. The Morgan fingerprint density at radius 3 is 2.79 bits per heavy atom. The van der Waals surface area contributed by atoms with Gasteiger partial charge >= 0.3 is 0 Å². The van der Waals surface area contributed by atoms with Crippen molar-refractivity contribution in [1.82, 2.24) is 10.6 Å². The predicted molar refractivity (Wildman–Crippen MR) is 72.7 cm³/mol. The molecule has 0 aromatic heterocycles. The Balaban J connectivity index is 1.55. The maximum Gasteiger partial charge on any atom is 0.237 e. The van der Waals surface area contributed by atoms with Gasteiger partial charge in [-0.1, -0.05) is 24.3 Å². The quantitative estimate of drug-likeness (QED) is 0.852. The Kier molecular flexibility index (Phi) is 3.53. The Morgan fingerprint density at radius 1 is 1.32 bits per heavy atom. The van der Waals surface area contributed by atoms with Gasteiger partial charge in [-0.15, -0.1) is 0 Å². The highest BCUT2D eigenvalue weighted by atomic mass is 16.5. The number of rotatable bonds is 3. The van der Waals surface area contributed by atoms with Gasteiger partial charge in [0, 0.05) is 19.7 Å². The zero-order valence-corrected chi connectivity index (χ0v) is 11.2. The average Bonchev–Trinajstić information content (AvgIpc) is 2.41. The summed E-state index contributed by atoms with van der Waals surface area (Å²) in [5.74, 6) is 0.119. The van der Waals surface area contributed by atoms with Crippen molar-refractivity contribution in [3.63, 3.8) is 0 Å². The van der Waals surface area contributed by atoms with E-state index in [9.17, 15) is 4.79 Å². The van der Waals surface area contributed by atoms with Crippen LogP contribution in [-0.2, 0) is 22.5 Å². The minimum absolute atomic E-state index is 0.100. The highest BCUT2D eigenvalue weighted by Crippen LogP contribution is 2.23. The fourth-order valence-corrected chi connectivity index (χ4v) is 2.82. The minimum atomic E-state index is -0.100. The maximum atomic E-state index is 12.2. The number of methoxy groups -OCH3 is 1. The molecular weight excluding hydrogens is 240 g/mol. The Bertz CT molecular complexity index is 469. The monoisotopic (exact) mass is 260 g/mol. The fraction of sp³-hybridized carbons (Fsp3) is 0.533. The molecule has 2 aliphatic rings.